The number of nitrogens with two attached hydrogens (primary N) is 1. The average Bonchev–Trinajstić information content (AvgIpc) is 3.15. The van der Waals surface area contributed by atoms with E-state index in [0.717, 1.165) is 55.0 Å². The van der Waals surface area contributed by atoms with E-state index in [9.17, 15) is 0 Å². The summed E-state index contributed by atoms with van der Waals surface area (Å²) in [6, 6.07) is 13.5. The number of rotatable bonds is 7. The smallest absolute Gasteiger partial charge is 0.166 e. The minimum absolute atomic E-state index is 0.502. The van der Waals surface area contributed by atoms with E-state index in [2.05, 4.69) is 22.5 Å². The Morgan fingerprint density at radius 2 is 1.88 bits per heavy atom. The van der Waals surface area contributed by atoms with Crippen LogP contribution in [-0.2, 0) is 9.32 Å². The van der Waals surface area contributed by atoms with Crippen molar-refractivity contribution >= 4 is 46.8 Å². The van der Waals surface area contributed by atoms with Crippen molar-refractivity contribution in [1.29, 1.82) is 0 Å². The number of ether oxygens (including phenoxy) is 1. The third-order valence-corrected chi connectivity index (χ3v) is 4.98. The first-order chi connectivity index (χ1) is 12.2. The second-order valence-corrected chi connectivity index (χ2v) is 7.39. The molecule has 0 aromatic heterocycles. The molecule has 0 spiro atoms. The zero-order chi connectivity index (χ0) is 17.6. The normalized spacial score (nSPS) is 13.9. The molecular formula is C17H18N2O3S3. The molecule has 2 N–H and O–H groups in total. The highest BCUT2D eigenvalue weighted by Gasteiger charge is 2.22. The van der Waals surface area contributed by atoms with Crippen molar-refractivity contribution in [2.24, 2.45) is 5.90 Å². The Morgan fingerprint density at radius 1 is 1.16 bits per heavy atom. The first kappa shape index (κ1) is 18.5. The SMILES string of the molecule is NOOSc1cc(C(=S)S)cc(N2CCCC2)c1Oc1ccccc1. The molecule has 0 atom stereocenters. The number of hydrogen-bond acceptors (Lipinski definition) is 7. The van der Waals surface area contributed by atoms with Gasteiger partial charge in [0, 0.05) is 18.7 Å². The Hall–Kier alpha value is -1.29. The second-order valence-electron chi connectivity index (χ2n) is 5.48. The van der Waals surface area contributed by atoms with Gasteiger partial charge in [-0.3, -0.25) is 0 Å². The lowest BCUT2D eigenvalue weighted by atomic mass is 10.2. The van der Waals surface area contributed by atoms with Gasteiger partial charge in [0.1, 0.15) is 5.75 Å². The minimum atomic E-state index is 0.502. The van der Waals surface area contributed by atoms with E-state index in [0.29, 0.717) is 14.8 Å². The van der Waals surface area contributed by atoms with Gasteiger partial charge in [-0.1, -0.05) is 30.4 Å². The quantitative estimate of drug-likeness (QED) is 0.235. The number of nitrogens with zero attached hydrogens (tertiary/aromatic N) is 1. The summed E-state index contributed by atoms with van der Waals surface area (Å²) in [6.45, 7) is 1.93. The van der Waals surface area contributed by atoms with Crippen molar-refractivity contribution in [3.05, 3.63) is 48.0 Å². The fourth-order valence-electron chi connectivity index (χ4n) is 2.73. The van der Waals surface area contributed by atoms with Crippen LogP contribution in [-0.4, -0.2) is 17.3 Å². The van der Waals surface area contributed by atoms with Crippen LogP contribution >= 0.6 is 36.9 Å². The number of thiocarbonyl (C=S) groups is 1. The van der Waals surface area contributed by atoms with Crippen LogP contribution in [0.2, 0.25) is 0 Å². The molecule has 1 aliphatic rings. The number of benzene rings is 2. The molecule has 0 radical (unpaired) electrons. The van der Waals surface area contributed by atoms with Crippen LogP contribution in [0, 0.1) is 0 Å². The first-order valence-electron chi connectivity index (χ1n) is 7.78. The minimum Gasteiger partial charge on any atom is -0.454 e. The molecule has 1 fully saturated rings. The van der Waals surface area contributed by atoms with E-state index in [4.69, 9.17) is 27.2 Å². The summed E-state index contributed by atoms with van der Waals surface area (Å²) in [6.07, 6.45) is 2.29. The Bertz CT molecular complexity index is 737. The zero-order valence-corrected chi connectivity index (χ0v) is 15.9. The molecule has 2 aromatic carbocycles. The van der Waals surface area contributed by atoms with Gasteiger partial charge in [-0.25, -0.2) is 0 Å². The summed E-state index contributed by atoms with van der Waals surface area (Å²) in [5, 5.41) is 0. The molecular weight excluding hydrogens is 376 g/mol. The van der Waals surface area contributed by atoms with E-state index in [1.54, 1.807) is 0 Å². The maximum Gasteiger partial charge on any atom is 0.166 e. The molecule has 25 heavy (non-hydrogen) atoms. The Morgan fingerprint density at radius 3 is 2.52 bits per heavy atom. The third kappa shape index (κ3) is 4.66. The molecule has 132 valence electrons. The standard InChI is InChI=1S/C17H18N2O3S3/c18-21-22-25-15-11-12(17(23)24)10-14(19-8-4-5-9-19)16(15)20-13-6-2-1-3-7-13/h1-3,6-7,10-11H,4-5,8-9,18H2,(H,23,24). The van der Waals surface area contributed by atoms with E-state index >= 15 is 0 Å². The Labute approximate surface area is 161 Å². The summed E-state index contributed by atoms with van der Waals surface area (Å²) >= 11 is 10.5. The van der Waals surface area contributed by atoms with Gasteiger partial charge in [0.05, 0.1) is 26.8 Å². The number of para-hydroxylation sites is 1. The van der Waals surface area contributed by atoms with Gasteiger partial charge in [-0.05, 0) is 37.1 Å². The lowest BCUT2D eigenvalue weighted by molar-refractivity contribution is -0.195. The average molecular weight is 395 g/mol. The van der Waals surface area contributed by atoms with E-state index < -0.39 is 0 Å². The molecule has 0 amide bonds. The predicted octanol–water partition coefficient (Wildman–Crippen LogP) is 4.51. The Kier molecular flexibility index (Phi) is 6.57. The van der Waals surface area contributed by atoms with Gasteiger partial charge in [-0.15, -0.1) is 22.0 Å². The summed E-state index contributed by atoms with van der Waals surface area (Å²) in [7, 11) is 0. The molecule has 5 nitrogen and oxygen atoms in total. The van der Waals surface area contributed by atoms with Crippen molar-refractivity contribution in [1.82, 2.24) is 0 Å². The summed E-state index contributed by atoms with van der Waals surface area (Å²) < 4.78 is 11.6. The van der Waals surface area contributed by atoms with Crippen molar-refractivity contribution in [3.63, 3.8) is 0 Å². The van der Waals surface area contributed by atoms with Gasteiger partial charge < -0.3 is 9.64 Å². The molecule has 0 unspecified atom stereocenters. The van der Waals surface area contributed by atoms with Crippen LogP contribution in [0.3, 0.4) is 0 Å². The summed E-state index contributed by atoms with van der Waals surface area (Å²) in [5.41, 5.74) is 1.78. The van der Waals surface area contributed by atoms with Gasteiger partial charge >= 0.3 is 0 Å². The molecule has 0 aliphatic carbocycles. The van der Waals surface area contributed by atoms with Crippen LogP contribution in [0.1, 0.15) is 18.4 Å². The third-order valence-electron chi connectivity index (χ3n) is 3.86. The molecule has 1 aliphatic heterocycles. The summed E-state index contributed by atoms with van der Waals surface area (Å²) in [5.74, 6) is 6.42. The topological polar surface area (TPSA) is 57.0 Å². The van der Waals surface area contributed by atoms with E-state index in [1.807, 2.05) is 42.5 Å². The van der Waals surface area contributed by atoms with Gasteiger partial charge in [-0.2, -0.15) is 5.90 Å². The van der Waals surface area contributed by atoms with Crippen LogP contribution in [0.4, 0.5) is 5.69 Å². The maximum atomic E-state index is 6.18. The van der Waals surface area contributed by atoms with Crippen LogP contribution < -0.4 is 15.5 Å². The monoisotopic (exact) mass is 394 g/mol. The fraction of sp³-hybridized carbons (Fsp3) is 0.235. The second kappa shape index (κ2) is 8.88. The van der Waals surface area contributed by atoms with Crippen LogP contribution in [0.15, 0.2) is 47.4 Å². The highest BCUT2D eigenvalue weighted by molar-refractivity contribution is 8.11. The van der Waals surface area contributed by atoms with Crippen molar-refractivity contribution < 1.29 is 14.1 Å². The molecule has 8 heteroatoms. The number of thiol groups is 1. The van der Waals surface area contributed by atoms with Crippen molar-refractivity contribution in [2.75, 3.05) is 18.0 Å². The van der Waals surface area contributed by atoms with E-state index in [1.165, 1.54) is 0 Å². The zero-order valence-electron chi connectivity index (χ0n) is 13.4. The maximum absolute atomic E-state index is 6.18. The first-order valence-corrected chi connectivity index (χ1v) is 9.38. The predicted molar refractivity (Wildman–Crippen MR) is 107 cm³/mol. The van der Waals surface area contributed by atoms with E-state index in [-0.39, 0.29) is 0 Å². The van der Waals surface area contributed by atoms with Crippen molar-refractivity contribution in [3.8, 4) is 11.5 Å². The fourth-order valence-corrected chi connectivity index (χ4v) is 3.49. The Balaban J connectivity index is 2.07. The van der Waals surface area contributed by atoms with Crippen molar-refractivity contribution in [2.45, 2.75) is 17.7 Å². The molecule has 0 bridgehead atoms. The molecule has 3 rings (SSSR count). The molecule has 0 saturated carbocycles. The number of hydrogen-bond donors (Lipinski definition) is 2. The molecule has 2 aromatic rings. The van der Waals surface area contributed by atoms with Gasteiger partial charge in [0.2, 0.25) is 0 Å². The molecule has 1 heterocycles. The summed E-state index contributed by atoms with van der Waals surface area (Å²) in [4.78, 5) is 7.25. The largest absolute Gasteiger partial charge is 0.454 e. The molecule has 1 saturated heterocycles. The highest BCUT2D eigenvalue weighted by atomic mass is 32.2. The van der Waals surface area contributed by atoms with Crippen LogP contribution in [0.5, 0.6) is 11.5 Å². The lowest BCUT2D eigenvalue weighted by Gasteiger charge is -2.24. The lowest BCUT2D eigenvalue weighted by Crippen LogP contribution is -2.19. The highest BCUT2D eigenvalue weighted by Crippen LogP contribution is 2.43. The van der Waals surface area contributed by atoms with Crippen LogP contribution in [0.25, 0.3) is 0 Å². The van der Waals surface area contributed by atoms with Gasteiger partial charge in [0.25, 0.3) is 0 Å². The van der Waals surface area contributed by atoms with Gasteiger partial charge in [0.15, 0.2) is 5.75 Å². The number of anilines is 1.